The minimum Gasteiger partial charge on any atom is -0.350 e. The van der Waals surface area contributed by atoms with Crippen molar-refractivity contribution in [3.05, 3.63) is 42.1 Å². The maximum atomic E-state index is 12.5. The molecule has 0 bridgehead atoms. The predicted octanol–water partition coefficient (Wildman–Crippen LogP) is 3.07. The summed E-state index contributed by atoms with van der Waals surface area (Å²) in [5.41, 5.74) is 2.36. The van der Waals surface area contributed by atoms with Crippen molar-refractivity contribution < 1.29 is 4.79 Å². The van der Waals surface area contributed by atoms with Gasteiger partial charge in [0.1, 0.15) is 5.69 Å². The van der Waals surface area contributed by atoms with E-state index >= 15 is 0 Å². The number of benzene rings is 1. The van der Waals surface area contributed by atoms with Crippen LogP contribution in [0.25, 0.3) is 11.3 Å². The number of carbonyl (C=O) groups excluding carboxylic acids is 1. The van der Waals surface area contributed by atoms with Gasteiger partial charge in [0.25, 0.3) is 5.91 Å². The zero-order valence-electron chi connectivity index (χ0n) is 14.6. The summed E-state index contributed by atoms with van der Waals surface area (Å²) < 4.78 is 0. The Balaban J connectivity index is 1.37. The van der Waals surface area contributed by atoms with Crippen molar-refractivity contribution in [1.82, 2.24) is 20.4 Å². The van der Waals surface area contributed by atoms with Gasteiger partial charge in [-0.3, -0.25) is 9.89 Å². The lowest BCUT2D eigenvalue weighted by atomic mass is 9.83. The number of piperidine rings is 2. The zero-order chi connectivity index (χ0) is 17.1. The number of nitrogens with one attached hydrogen (secondary N) is 2. The number of rotatable bonds is 4. The molecular formula is C20H26N4O. The first-order valence-electron chi connectivity index (χ1n) is 9.44. The van der Waals surface area contributed by atoms with Crippen LogP contribution in [-0.4, -0.2) is 46.7 Å². The number of H-pyrrole nitrogens is 1. The Morgan fingerprint density at radius 1 is 1.16 bits per heavy atom. The summed E-state index contributed by atoms with van der Waals surface area (Å²) in [6.45, 7) is 3.23. The molecular weight excluding hydrogens is 312 g/mol. The number of fused-ring (bicyclic) bond motifs is 1. The van der Waals surface area contributed by atoms with E-state index in [1.165, 1.54) is 45.2 Å². The second-order valence-corrected chi connectivity index (χ2v) is 7.24. The lowest BCUT2D eigenvalue weighted by Crippen LogP contribution is -2.51. The molecule has 5 nitrogen and oxygen atoms in total. The second-order valence-electron chi connectivity index (χ2n) is 7.24. The Hall–Kier alpha value is -2.14. The first-order chi connectivity index (χ1) is 12.3. The van der Waals surface area contributed by atoms with Crippen LogP contribution in [0.15, 0.2) is 36.4 Å². The van der Waals surface area contributed by atoms with Crippen LogP contribution in [0.1, 0.15) is 42.6 Å². The summed E-state index contributed by atoms with van der Waals surface area (Å²) in [6, 6.07) is 12.4. The van der Waals surface area contributed by atoms with Gasteiger partial charge in [-0.2, -0.15) is 5.10 Å². The van der Waals surface area contributed by atoms with E-state index in [0.717, 1.165) is 17.8 Å². The fourth-order valence-corrected chi connectivity index (χ4v) is 4.33. The first-order valence-corrected chi connectivity index (χ1v) is 9.44. The maximum Gasteiger partial charge on any atom is 0.269 e. The number of carbonyl (C=O) groups is 1. The molecule has 0 aliphatic carbocycles. The molecule has 1 amide bonds. The highest BCUT2D eigenvalue weighted by molar-refractivity contribution is 5.93. The van der Waals surface area contributed by atoms with Crippen LogP contribution in [0.2, 0.25) is 0 Å². The van der Waals surface area contributed by atoms with E-state index < -0.39 is 0 Å². The number of hydrogen-bond acceptors (Lipinski definition) is 3. The molecule has 5 heteroatoms. The molecule has 0 spiro atoms. The molecule has 25 heavy (non-hydrogen) atoms. The highest BCUT2D eigenvalue weighted by Crippen LogP contribution is 2.30. The number of aromatic amines is 1. The van der Waals surface area contributed by atoms with Gasteiger partial charge in [0.15, 0.2) is 0 Å². The molecule has 1 aromatic carbocycles. The maximum absolute atomic E-state index is 12.5. The minimum atomic E-state index is -0.0531. The first kappa shape index (κ1) is 16.3. The van der Waals surface area contributed by atoms with E-state index in [1.54, 1.807) is 0 Å². The predicted molar refractivity (Wildman–Crippen MR) is 98.3 cm³/mol. The van der Waals surface area contributed by atoms with Gasteiger partial charge in [0.2, 0.25) is 0 Å². The van der Waals surface area contributed by atoms with Crippen LogP contribution in [-0.2, 0) is 0 Å². The highest BCUT2D eigenvalue weighted by Gasteiger charge is 2.33. The standard InChI is InChI=1S/C20H26N4O/c25-20(18-13-17(22-23-18)15-7-2-1-3-8-15)21-14-16-9-6-12-24-11-5-4-10-19(16)24/h1-3,7-8,13,16,19H,4-6,9-12,14H2,(H,21,25)(H,22,23)/t16-,19+/m1/s1. The van der Waals surface area contributed by atoms with Gasteiger partial charge in [0.05, 0.1) is 5.69 Å². The normalized spacial score (nSPS) is 23.8. The summed E-state index contributed by atoms with van der Waals surface area (Å²) in [4.78, 5) is 15.1. The molecule has 0 unspecified atom stereocenters. The fourth-order valence-electron chi connectivity index (χ4n) is 4.33. The number of hydrogen-bond donors (Lipinski definition) is 2. The third-order valence-corrected chi connectivity index (χ3v) is 5.65. The lowest BCUT2D eigenvalue weighted by Gasteiger charge is -2.44. The Kier molecular flexibility index (Phi) is 4.83. The van der Waals surface area contributed by atoms with E-state index in [4.69, 9.17) is 0 Å². The molecule has 2 aromatic rings. The van der Waals surface area contributed by atoms with E-state index in [1.807, 2.05) is 36.4 Å². The van der Waals surface area contributed by atoms with E-state index in [-0.39, 0.29) is 5.91 Å². The van der Waals surface area contributed by atoms with Crippen molar-refractivity contribution in [2.45, 2.75) is 38.1 Å². The van der Waals surface area contributed by atoms with Gasteiger partial charge < -0.3 is 10.2 Å². The molecule has 4 rings (SSSR count). The van der Waals surface area contributed by atoms with Crippen LogP contribution < -0.4 is 5.32 Å². The summed E-state index contributed by atoms with van der Waals surface area (Å²) in [5.74, 6) is 0.525. The number of amides is 1. The van der Waals surface area contributed by atoms with Crippen molar-refractivity contribution in [3.8, 4) is 11.3 Å². The summed E-state index contributed by atoms with van der Waals surface area (Å²) in [6.07, 6.45) is 6.40. The summed E-state index contributed by atoms with van der Waals surface area (Å²) in [7, 11) is 0. The van der Waals surface area contributed by atoms with Crippen LogP contribution >= 0.6 is 0 Å². The van der Waals surface area contributed by atoms with Crippen molar-refractivity contribution >= 4 is 5.91 Å². The fraction of sp³-hybridized carbons (Fsp3) is 0.500. The molecule has 2 aliphatic rings. The minimum absolute atomic E-state index is 0.0531. The van der Waals surface area contributed by atoms with Crippen molar-refractivity contribution in [3.63, 3.8) is 0 Å². The molecule has 0 saturated carbocycles. The summed E-state index contributed by atoms with van der Waals surface area (Å²) >= 11 is 0. The molecule has 1 aromatic heterocycles. The largest absolute Gasteiger partial charge is 0.350 e. The molecule has 3 heterocycles. The average Bonchev–Trinajstić information content (AvgIpc) is 3.17. The van der Waals surface area contributed by atoms with Crippen LogP contribution in [0.5, 0.6) is 0 Å². The Morgan fingerprint density at radius 3 is 2.88 bits per heavy atom. The van der Waals surface area contributed by atoms with Gasteiger partial charge in [-0.05, 0) is 50.8 Å². The van der Waals surface area contributed by atoms with Crippen molar-refractivity contribution in [2.24, 2.45) is 5.92 Å². The number of aromatic nitrogens is 2. The van der Waals surface area contributed by atoms with Crippen LogP contribution in [0, 0.1) is 5.92 Å². The monoisotopic (exact) mass is 338 g/mol. The zero-order valence-corrected chi connectivity index (χ0v) is 14.6. The van der Waals surface area contributed by atoms with Crippen molar-refractivity contribution in [2.75, 3.05) is 19.6 Å². The molecule has 2 N–H and O–H groups in total. The van der Waals surface area contributed by atoms with Crippen LogP contribution in [0.4, 0.5) is 0 Å². The SMILES string of the molecule is O=C(NC[C@H]1CCCN2CCCC[C@@H]12)c1cc(-c2ccccc2)n[nH]1. The second kappa shape index (κ2) is 7.40. The Morgan fingerprint density at radius 2 is 2.00 bits per heavy atom. The molecule has 2 atom stereocenters. The topological polar surface area (TPSA) is 61.0 Å². The molecule has 0 radical (unpaired) electrons. The van der Waals surface area contributed by atoms with E-state index in [9.17, 15) is 4.79 Å². The number of nitrogens with zero attached hydrogens (tertiary/aromatic N) is 2. The third-order valence-electron chi connectivity index (χ3n) is 5.65. The molecule has 2 saturated heterocycles. The quantitative estimate of drug-likeness (QED) is 0.901. The van der Waals surface area contributed by atoms with Gasteiger partial charge in [-0.15, -0.1) is 0 Å². The van der Waals surface area contributed by atoms with Crippen molar-refractivity contribution in [1.29, 1.82) is 0 Å². The summed E-state index contributed by atoms with van der Waals surface area (Å²) in [5, 5.41) is 10.3. The van der Waals surface area contributed by atoms with E-state index in [2.05, 4.69) is 20.4 Å². The van der Waals surface area contributed by atoms with Gasteiger partial charge >= 0.3 is 0 Å². The Bertz CT molecular complexity index is 709. The lowest BCUT2D eigenvalue weighted by molar-refractivity contribution is 0.0575. The highest BCUT2D eigenvalue weighted by atomic mass is 16.1. The Labute approximate surface area is 148 Å². The molecule has 2 fully saturated rings. The molecule has 2 aliphatic heterocycles. The van der Waals surface area contributed by atoms with E-state index in [0.29, 0.717) is 17.7 Å². The smallest absolute Gasteiger partial charge is 0.269 e. The third kappa shape index (κ3) is 3.61. The van der Waals surface area contributed by atoms with Gasteiger partial charge in [0, 0.05) is 18.2 Å². The van der Waals surface area contributed by atoms with Crippen LogP contribution in [0.3, 0.4) is 0 Å². The molecule has 132 valence electrons. The van der Waals surface area contributed by atoms with Gasteiger partial charge in [-0.1, -0.05) is 36.8 Å². The average molecular weight is 338 g/mol. The van der Waals surface area contributed by atoms with Gasteiger partial charge in [-0.25, -0.2) is 0 Å².